The Morgan fingerprint density at radius 1 is 1.31 bits per heavy atom. The zero-order chi connectivity index (χ0) is 11.9. The number of para-hydroxylation sites is 1. The van der Waals surface area contributed by atoms with Crippen molar-refractivity contribution in [3.05, 3.63) is 24.3 Å². The molecule has 0 amide bonds. The molecule has 0 N–H and O–H groups in total. The van der Waals surface area contributed by atoms with Crippen LogP contribution in [0.3, 0.4) is 0 Å². The summed E-state index contributed by atoms with van der Waals surface area (Å²) in [7, 11) is -3.64. The van der Waals surface area contributed by atoms with Gasteiger partial charge in [-0.15, -0.1) is 4.40 Å². The first-order valence-corrected chi connectivity index (χ1v) is 6.64. The average Bonchev–Trinajstić information content (AvgIpc) is 2.15. The van der Waals surface area contributed by atoms with E-state index in [9.17, 15) is 8.42 Å². The molecule has 6 heteroatoms. The minimum Gasteiger partial charge on any atom is -0.312 e. The highest BCUT2D eigenvalue weighted by Gasteiger charge is 2.30. The SMILES string of the molecule is CC(C)N1C(Cl)=NS(=O)(=O)c2ccccc21. The van der Waals surface area contributed by atoms with Gasteiger partial charge < -0.3 is 4.90 Å². The second-order valence-corrected chi connectivity index (χ2v) is 5.68. The van der Waals surface area contributed by atoms with Gasteiger partial charge >= 0.3 is 0 Å². The van der Waals surface area contributed by atoms with Gasteiger partial charge in [0.05, 0.1) is 5.69 Å². The van der Waals surface area contributed by atoms with Gasteiger partial charge in [0, 0.05) is 6.04 Å². The van der Waals surface area contributed by atoms with Crippen molar-refractivity contribution < 1.29 is 8.42 Å². The fourth-order valence-electron chi connectivity index (χ4n) is 1.66. The Morgan fingerprint density at radius 2 is 1.94 bits per heavy atom. The Hall–Kier alpha value is -1.07. The maximum atomic E-state index is 11.8. The maximum absolute atomic E-state index is 11.8. The number of benzene rings is 1. The van der Waals surface area contributed by atoms with Crippen LogP contribution in [0.2, 0.25) is 0 Å². The summed E-state index contributed by atoms with van der Waals surface area (Å²) in [4.78, 5) is 1.89. The van der Waals surface area contributed by atoms with Gasteiger partial charge in [0.1, 0.15) is 4.90 Å². The molecule has 0 atom stereocenters. The van der Waals surface area contributed by atoms with E-state index in [0.29, 0.717) is 5.69 Å². The molecule has 1 heterocycles. The van der Waals surface area contributed by atoms with Crippen molar-refractivity contribution in [3.8, 4) is 0 Å². The highest BCUT2D eigenvalue weighted by Crippen LogP contribution is 2.33. The summed E-state index contributed by atoms with van der Waals surface area (Å²) < 4.78 is 27.0. The van der Waals surface area contributed by atoms with Crippen LogP contribution >= 0.6 is 11.6 Å². The van der Waals surface area contributed by atoms with Crippen LogP contribution in [0.15, 0.2) is 33.6 Å². The van der Waals surface area contributed by atoms with E-state index in [1.807, 2.05) is 13.8 Å². The number of halogens is 1. The monoisotopic (exact) mass is 258 g/mol. The van der Waals surface area contributed by atoms with Crippen LogP contribution in [0.4, 0.5) is 5.69 Å². The van der Waals surface area contributed by atoms with Crippen LogP contribution in [-0.4, -0.2) is 19.8 Å². The molecule has 1 aliphatic heterocycles. The molecular weight excluding hydrogens is 248 g/mol. The van der Waals surface area contributed by atoms with E-state index in [1.165, 1.54) is 6.07 Å². The number of rotatable bonds is 1. The predicted molar refractivity (Wildman–Crippen MR) is 64.5 cm³/mol. The standard InChI is InChI=1S/C10H11ClN2O2S/c1-7(2)13-8-5-3-4-6-9(8)16(14,15)12-10(13)11/h3-7H,1-2H3. The maximum Gasteiger partial charge on any atom is 0.287 e. The van der Waals surface area contributed by atoms with Crippen LogP contribution in [-0.2, 0) is 10.0 Å². The zero-order valence-corrected chi connectivity index (χ0v) is 10.5. The fourth-order valence-corrected chi connectivity index (χ4v) is 3.28. The van der Waals surface area contributed by atoms with Crippen LogP contribution < -0.4 is 4.90 Å². The molecule has 1 aliphatic rings. The van der Waals surface area contributed by atoms with Crippen LogP contribution in [0, 0.1) is 0 Å². The highest BCUT2D eigenvalue weighted by molar-refractivity contribution is 7.90. The van der Waals surface area contributed by atoms with E-state index < -0.39 is 10.0 Å². The smallest absolute Gasteiger partial charge is 0.287 e. The molecule has 0 fully saturated rings. The van der Waals surface area contributed by atoms with Gasteiger partial charge in [-0.3, -0.25) is 0 Å². The average molecular weight is 259 g/mol. The minimum absolute atomic E-state index is 0.00583. The first-order chi connectivity index (χ1) is 7.43. The number of hydrogen-bond acceptors (Lipinski definition) is 3. The number of fused-ring (bicyclic) bond motifs is 1. The number of nitrogens with zero attached hydrogens (tertiary/aromatic N) is 2. The van der Waals surface area contributed by atoms with E-state index in [4.69, 9.17) is 11.6 Å². The third-order valence-corrected chi connectivity index (χ3v) is 3.99. The summed E-state index contributed by atoms with van der Waals surface area (Å²) >= 11 is 5.89. The zero-order valence-electron chi connectivity index (χ0n) is 8.88. The molecule has 86 valence electrons. The van der Waals surface area contributed by atoms with Gasteiger partial charge in [0.15, 0.2) is 0 Å². The van der Waals surface area contributed by atoms with Crippen molar-refractivity contribution in [3.63, 3.8) is 0 Å². The minimum atomic E-state index is -3.64. The predicted octanol–water partition coefficient (Wildman–Crippen LogP) is 2.20. The van der Waals surface area contributed by atoms with Crippen molar-refractivity contribution in [1.29, 1.82) is 0 Å². The van der Waals surface area contributed by atoms with E-state index in [0.717, 1.165) is 0 Å². The molecule has 0 spiro atoms. The summed E-state index contributed by atoms with van der Waals surface area (Å²) in [6.07, 6.45) is 0. The highest BCUT2D eigenvalue weighted by atomic mass is 35.5. The van der Waals surface area contributed by atoms with Crippen molar-refractivity contribution in [2.45, 2.75) is 24.8 Å². The quantitative estimate of drug-likeness (QED) is 0.726. The first-order valence-electron chi connectivity index (χ1n) is 4.82. The summed E-state index contributed by atoms with van der Waals surface area (Å²) in [5.41, 5.74) is 0.581. The molecule has 1 aromatic carbocycles. The third-order valence-electron chi connectivity index (χ3n) is 2.31. The number of amidine groups is 1. The van der Waals surface area contributed by atoms with Gasteiger partial charge in [-0.1, -0.05) is 12.1 Å². The molecule has 0 aromatic heterocycles. The Labute approximate surface area is 99.6 Å². The number of hydrogen-bond donors (Lipinski definition) is 0. The Balaban J connectivity index is 2.72. The van der Waals surface area contributed by atoms with Crippen molar-refractivity contribution in [2.75, 3.05) is 4.90 Å². The lowest BCUT2D eigenvalue weighted by molar-refractivity contribution is 0.596. The second-order valence-electron chi connectivity index (χ2n) is 3.77. The Morgan fingerprint density at radius 3 is 2.56 bits per heavy atom. The van der Waals surface area contributed by atoms with Crippen molar-refractivity contribution in [1.82, 2.24) is 0 Å². The lowest BCUT2D eigenvalue weighted by Crippen LogP contribution is -2.37. The van der Waals surface area contributed by atoms with Crippen molar-refractivity contribution >= 4 is 32.6 Å². The van der Waals surface area contributed by atoms with E-state index in [1.54, 1.807) is 23.1 Å². The molecule has 16 heavy (non-hydrogen) atoms. The van der Waals surface area contributed by atoms with Gasteiger partial charge in [-0.2, -0.15) is 8.42 Å². The molecule has 2 rings (SSSR count). The normalized spacial score (nSPS) is 18.2. The van der Waals surface area contributed by atoms with Crippen molar-refractivity contribution in [2.24, 2.45) is 4.40 Å². The van der Waals surface area contributed by atoms with E-state index in [2.05, 4.69) is 4.40 Å². The van der Waals surface area contributed by atoms with Gasteiger partial charge in [0.25, 0.3) is 10.0 Å². The number of sulfonamides is 1. The fraction of sp³-hybridized carbons (Fsp3) is 0.300. The first kappa shape index (κ1) is 11.4. The van der Waals surface area contributed by atoms with E-state index >= 15 is 0 Å². The molecular formula is C10H11ClN2O2S. The van der Waals surface area contributed by atoms with Gasteiger partial charge in [0.2, 0.25) is 5.29 Å². The van der Waals surface area contributed by atoms with Crippen LogP contribution in [0.5, 0.6) is 0 Å². The molecule has 4 nitrogen and oxygen atoms in total. The summed E-state index contributed by atoms with van der Waals surface area (Å²) in [5, 5.41) is -0.00583. The van der Waals surface area contributed by atoms with Gasteiger partial charge in [-0.05, 0) is 37.6 Å². The van der Waals surface area contributed by atoms with Crippen LogP contribution in [0.1, 0.15) is 13.8 Å². The lowest BCUT2D eigenvalue weighted by atomic mass is 10.2. The molecule has 0 aliphatic carbocycles. The van der Waals surface area contributed by atoms with E-state index in [-0.39, 0.29) is 16.2 Å². The third kappa shape index (κ3) is 1.70. The van der Waals surface area contributed by atoms with Gasteiger partial charge in [-0.25, -0.2) is 0 Å². The molecule has 0 radical (unpaired) electrons. The molecule has 1 aromatic rings. The largest absolute Gasteiger partial charge is 0.312 e. The number of anilines is 1. The lowest BCUT2D eigenvalue weighted by Gasteiger charge is -2.30. The molecule has 0 unspecified atom stereocenters. The Bertz CT molecular complexity index is 552. The summed E-state index contributed by atoms with van der Waals surface area (Å²) in [6, 6.07) is 6.76. The molecule has 0 saturated carbocycles. The molecule has 0 saturated heterocycles. The second kappa shape index (κ2) is 3.75. The molecule has 0 bridgehead atoms. The topological polar surface area (TPSA) is 49.7 Å². The van der Waals surface area contributed by atoms with Crippen LogP contribution in [0.25, 0.3) is 0 Å². The summed E-state index contributed by atoms with van der Waals surface area (Å²) in [5.74, 6) is 0. The summed E-state index contributed by atoms with van der Waals surface area (Å²) in [6.45, 7) is 3.85. The Kier molecular flexibility index (Phi) is 2.67.